The summed E-state index contributed by atoms with van der Waals surface area (Å²) in [5.74, 6) is 0. The Morgan fingerprint density at radius 3 is 2.94 bits per heavy atom. The SMILES string of the molecule is CCCC[C@]12CC[C@H](N1)[C@H](Sc1ccccc1)C2. The zero-order valence-electron chi connectivity index (χ0n) is 11.2. The molecule has 1 aromatic rings. The summed E-state index contributed by atoms with van der Waals surface area (Å²) in [7, 11) is 0. The zero-order valence-corrected chi connectivity index (χ0v) is 12.0. The van der Waals surface area contributed by atoms with E-state index >= 15 is 0 Å². The minimum absolute atomic E-state index is 0.493. The van der Waals surface area contributed by atoms with Gasteiger partial charge < -0.3 is 5.32 Å². The Balaban J connectivity index is 1.63. The standard InChI is InChI=1S/C16H23NS/c1-2-3-10-16-11-9-14(17-16)15(12-16)18-13-7-5-4-6-8-13/h4-8,14-15,17H,2-3,9-12H2,1H3/t14-,15+,16+/m0/s1. The van der Waals surface area contributed by atoms with E-state index in [1.165, 1.54) is 43.4 Å². The van der Waals surface area contributed by atoms with Crippen molar-refractivity contribution in [3.05, 3.63) is 30.3 Å². The van der Waals surface area contributed by atoms with E-state index in [4.69, 9.17) is 0 Å². The molecular weight excluding hydrogens is 238 g/mol. The van der Waals surface area contributed by atoms with Gasteiger partial charge in [-0.3, -0.25) is 0 Å². The quantitative estimate of drug-likeness (QED) is 0.851. The van der Waals surface area contributed by atoms with Gasteiger partial charge in [-0.05, 0) is 37.8 Å². The Labute approximate surface area is 115 Å². The van der Waals surface area contributed by atoms with Crippen LogP contribution in [0.25, 0.3) is 0 Å². The maximum Gasteiger partial charge on any atom is 0.0266 e. The normalized spacial score (nSPS) is 34.1. The average molecular weight is 261 g/mol. The summed E-state index contributed by atoms with van der Waals surface area (Å²) in [6.07, 6.45) is 8.24. The number of hydrogen-bond donors (Lipinski definition) is 1. The largest absolute Gasteiger partial charge is 0.307 e. The van der Waals surface area contributed by atoms with E-state index < -0.39 is 0 Å². The summed E-state index contributed by atoms with van der Waals surface area (Å²) >= 11 is 2.08. The van der Waals surface area contributed by atoms with Gasteiger partial charge in [0.25, 0.3) is 0 Å². The maximum absolute atomic E-state index is 3.93. The highest BCUT2D eigenvalue weighted by Gasteiger charge is 2.49. The van der Waals surface area contributed by atoms with Crippen LogP contribution in [0.15, 0.2) is 35.2 Å². The van der Waals surface area contributed by atoms with Crippen molar-refractivity contribution in [2.24, 2.45) is 0 Å². The monoisotopic (exact) mass is 261 g/mol. The molecule has 3 atom stereocenters. The molecule has 18 heavy (non-hydrogen) atoms. The first-order chi connectivity index (χ1) is 8.81. The number of hydrogen-bond acceptors (Lipinski definition) is 2. The first kappa shape index (κ1) is 12.6. The third kappa shape index (κ3) is 2.46. The van der Waals surface area contributed by atoms with Crippen molar-refractivity contribution in [3.8, 4) is 0 Å². The molecule has 2 aliphatic heterocycles. The topological polar surface area (TPSA) is 12.0 Å². The van der Waals surface area contributed by atoms with Crippen molar-refractivity contribution < 1.29 is 0 Å². The van der Waals surface area contributed by atoms with Crippen LogP contribution in [0.5, 0.6) is 0 Å². The van der Waals surface area contributed by atoms with Crippen molar-refractivity contribution in [1.82, 2.24) is 5.32 Å². The van der Waals surface area contributed by atoms with Crippen LogP contribution in [0.2, 0.25) is 0 Å². The molecule has 2 bridgehead atoms. The van der Waals surface area contributed by atoms with Crippen molar-refractivity contribution in [1.29, 1.82) is 0 Å². The summed E-state index contributed by atoms with van der Waals surface area (Å²) in [6.45, 7) is 2.30. The molecule has 0 aromatic heterocycles. The molecule has 0 unspecified atom stereocenters. The van der Waals surface area contributed by atoms with Gasteiger partial charge in [-0.25, -0.2) is 0 Å². The van der Waals surface area contributed by atoms with Crippen LogP contribution in [0.4, 0.5) is 0 Å². The Morgan fingerprint density at radius 1 is 1.33 bits per heavy atom. The number of benzene rings is 1. The fraction of sp³-hybridized carbons (Fsp3) is 0.625. The van der Waals surface area contributed by atoms with Gasteiger partial charge in [0.1, 0.15) is 0 Å². The molecule has 0 amide bonds. The molecule has 98 valence electrons. The third-order valence-corrected chi connectivity index (χ3v) is 5.85. The van der Waals surface area contributed by atoms with Gasteiger partial charge in [-0.1, -0.05) is 38.0 Å². The van der Waals surface area contributed by atoms with Gasteiger partial charge >= 0.3 is 0 Å². The minimum Gasteiger partial charge on any atom is -0.307 e. The highest BCUT2D eigenvalue weighted by molar-refractivity contribution is 8.00. The Bertz CT molecular complexity index is 391. The second-order valence-corrected chi connectivity index (χ2v) is 7.16. The molecule has 1 nitrogen and oxygen atoms in total. The van der Waals surface area contributed by atoms with E-state index in [9.17, 15) is 0 Å². The van der Waals surface area contributed by atoms with Gasteiger partial charge in [-0.2, -0.15) is 0 Å². The van der Waals surface area contributed by atoms with Crippen LogP contribution >= 0.6 is 11.8 Å². The smallest absolute Gasteiger partial charge is 0.0266 e. The lowest BCUT2D eigenvalue weighted by Gasteiger charge is -2.28. The molecule has 3 rings (SSSR count). The van der Waals surface area contributed by atoms with Gasteiger partial charge in [-0.15, -0.1) is 11.8 Å². The first-order valence-corrected chi connectivity index (χ1v) is 8.19. The molecule has 1 N–H and O–H groups in total. The van der Waals surface area contributed by atoms with E-state index in [1.54, 1.807) is 0 Å². The fourth-order valence-corrected chi connectivity index (χ4v) is 4.98. The predicted molar refractivity (Wildman–Crippen MR) is 79.1 cm³/mol. The van der Waals surface area contributed by atoms with Crippen LogP contribution in [-0.2, 0) is 0 Å². The van der Waals surface area contributed by atoms with Crippen LogP contribution in [0.1, 0.15) is 45.4 Å². The van der Waals surface area contributed by atoms with Gasteiger partial charge in [0.2, 0.25) is 0 Å². The molecule has 2 heteroatoms. The highest BCUT2D eigenvalue weighted by Crippen LogP contribution is 2.47. The van der Waals surface area contributed by atoms with Crippen LogP contribution in [0.3, 0.4) is 0 Å². The number of fused-ring (bicyclic) bond motifs is 2. The van der Waals surface area contributed by atoms with E-state index in [0.717, 1.165) is 11.3 Å². The summed E-state index contributed by atoms with van der Waals surface area (Å²) < 4.78 is 0. The lowest BCUT2D eigenvalue weighted by Crippen LogP contribution is -2.35. The van der Waals surface area contributed by atoms with Crippen molar-refractivity contribution >= 4 is 11.8 Å². The number of rotatable bonds is 5. The van der Waals surface area contributed by atoms with Crippen molar-refractivity contribution in [2.45, 2.75) is 67.2 Å². The van der Waals surface area contributed by atoms with E-state index in [1.807, 2.05) is 0 Å². The Hall–Kier alpha value is -0.470. The predicted octanol–water partition coefficient (Wildman–Crippen LogP) is 4.23. The summed E-state index contributed by atoms with van der Waals surface area (Å²) in [6, 6.07) is 11.6. The fourth-order valence-electron chi connectivity index (χ4n) is 3.55. The van der Waals surface area contributed by atoms with Crippen LogP contribution in [-0.4, -0.2) is 16.8 Å². The summed E-state index contributed by atoms with van der Waals surface area (Å²) in [5, 5.41) is 4.72. The lowest BCUT2D eigenvalue weighted by atomic mass is 9.84. The zero-order chi connectivity index (χ0) is 12.4. The molecule has 0 aliphatic carbocycles. The van der Waals surface area contributed by atoms with Crippen molar-refractivity contribution in [2.75, 3.05) is 0 Å². The number of unbranched alkanes of at least 4 members (excludes halogenated alkanes) is 1. The minimum atomic E-state index is 0.493. The lowest BCUT2D eigenvalue weighted by molar-refractivity contribution is 0.349. The Kier molecular flexibility index (Phi) is 3.67. The molecule has 2 heterocycles. The molecule has 2 saturated heterocycles. The third-order valence-electron chi connectivity index (χ3n) is 4.51. The van der Waals surface area contributed by atoms with Crippen LogP contribution < -0.4 is 5.32 Å². The maximum atomic E-state index is 3.93. The molecule has 0 radical (unpaired) electrons. The van der Waals surface area contributed by atoms with Gasteiger partial charge in [0, 0.05) is 21.7 Å². The molecular formula is C16H23NS. The number of nitrogens with one attached hydrogen (secondary N) is 1. The summed E-state index contributed by atoms with van der Waals surface area (Å²) in [4.78, 5) is 1.43. The number of thioether (sulfide) groups is 1. The molecule has 0 saturated carbocycles. The second-order valence-electron chi connectivity index (χ2n) is 5.85. The molecule has 2 aliphatic rings. The van der Waals surface area contributed by atoms with E-state index in [-0.39, 0.29) is 0 Å². The van der Waals surface area contributed by atoms with Crippen LogP contribution in [0, 0.1) is 0 Å². The van der Waals surface area contributed by atoms with E-state index in [2.05, 4.69) is 54.3 Å². The van der Waals surface area contributed by atoms with Gasteiger partial charge in [0.15, 0.2) is 0 Å². The first-order valence-electron chi connectivity index (χ1n) is 7.31. The molecule has 2 fully saturated rings. The van der Waals surface area contributed by atoms with Gasteiger partial charge in [0.05, 0.1) is 0 Å². The highest BCUT2D eigenvalue weighted by atomic mass is 32.2. The van der Waals surface area contributed by atoms with E-state index in [0.29, 0.717) is 5.54 Å². The summed E-state index contributed by atoms with van der Waals surface area (Å²) in [5.41, 5.74) is 0.493. The van der Waals surface area contributed by atoms with Crippen molar-refractivity contribution in [3.63, 3.8) is 0 Å². The second kappa shape index (κ2) is 5.26. The average Bonchev–Trinajstić information content (AvgIpc) is 2.96. The Morgan fingerprint density at radius 2 is 2.17 bits per heavy atom. The molecule has 0 spiro atoms. The molecule has 1 aromatic carbocycles.